The first kappa shape index (κ1) is 49.1. The van der Waals surface area contributed by atoms with Gasteiger partial charge in [-0.2, -0.15) is 0 Å². The molecule has 0 unspecified atom stereocenters. The van der Waals surface area contributed by atoms with Crippen LogP contribution in [0, 0.1) is 0 Å². The SMILES string of the molecule is CCCCCCCCCCCCN(CCCN(CCCCCCCCCCCC)CCS(=O)(=O)[O-])CCS(=O)(=O)[O-].[Na+].[Na+]. The molecule has 43 heavy (non-hydrogen) atoms. The smallest absolute Gasteiger partial charge is 0.748 e. The average molecular weight is 671 g/mol. The van der Waals surface area contributed by atoms with Gasteiger partial charge in [0.1, 0.15) is 0 Å². The molecular weight excluding hydrogens is 606 g/mol. The third kappa shape index (κ3) is 39.8. The van der Waals surface area contributed by atoms with Crippen LogP contribution in [-0.4, -0.2) is 86.5 Å². The van der Waals surface area contributed by atoms with Crippen molar-refractivity contribution in [3.63, 3.8) is 0 Å². The average Bonchev–Trinajstić information content (AvgIpc) is 2.90. The zero-order valence-corrected chi connectivity index (χ0v) is 34.3. The summed E-state index contributed by atoms with van der Waals surface area (Å²) in [6, 6.07) is 0. The van der Waals surface area contributed by atoms with Crippen LogP contribution in [0.4, 0.5) is 0 Å². The molecular formula is C31H64N2Na2O6S2. The zero-order valence-electron chi connectivity index (χ0n) is 28.7. The van der Waals surface area contributed by atoms with Gasteiger partial charge in [0.2, 0.25) is 0 Å². The van der Waals surface area contributed by atoms with E-state index in [1.165, 1.54) is 103 Å². The number of unbranched alkanes of at least 4 members (excludes halogenated alkanes) is 18. The van der Waals surface area contributed by atoms with Crippen molar-refractivity contribution >= 4 is 20.2 Å². The Balaban J connectivity index is -0.00000800. The van der Waals surface area contributed by atoms with Gasteiger partial charge in [-0.1, -0.05) is 129 Å². The number of hydrogen-bond donors (Lipinski definition) is 0. The molecule has 0 atom stereocenters. The van der Waals surface area contributed by atoms with Gasteiger partial charge in [0.15, 0.2) is 0 Å². The van der Waals surface area contributed by atoms with Crippen molar-refractivity contribution in [3.05, 3.63) is 0 Å². The number of hydrogen-bond acceptors (Lipinski definition) is 8. The molecule has 0 heterocycles. The van der Waals surface area contributed by atoms with Crippen LogP contribution in [0.5, 0.6) is 0 Å². The Morgan fingerprint density at radius 3 is 0.860 bits per heavy atom. The molecule has 12 heteroatoms. The van der Waals surface area contributed by atoms with Crippen LogP contribution < -0.4 is 59.1 Å². The number of rotatable bonds is 32. The molecule has 0 aliphatic heterocycles. The molecule has 0 aromatic rings. The van der Waals surface area contributed by atoms with Crippen molar-refractivity contribution in [2.24, 2.45) is 0 Å². The molecule has 0 radical (unpaired) electrons. The van der Waals surface area contributed by atoms with Crippen molar-refractivity contribution in [3.8, 4) is 0 Å². The molecule has 0 aliphatic carbocycles. The molecule has 248 valence electrons. The Kier molecular flexibility index (Phi) is 38.4. The van der Waals surface area contributed by atoms with E-state index >= 15 is 0 Å². The molecule has 0 saturated carbocycles. The van der Waals surface area contributed by atoms with Gasteiger partial charge in [-0.15, -0.1) is 0 Å². The van der Waals surface area contributed by atoms with Gasteiger partial charge >= 0.3 is 59.1 Å². The molecule has 0 spiro atoms. The minimum atomic E-state index is -4.27. The topological polar surface area (TPSA) is 121 Å². The van der Waals surface area contributed by atoms with Crippen molar-refractivity contribution in [2.45, 2.75) is 149 Å². The molecule has 0 bridgehead atoms. The predicted octanol–water partition coefficient (Wildman–Crippen LogP) is 0.921. The molecule has 0 aromatic heterocycles. The summed E-state index contributed by atoms with van der Waals surface area (Å²) < 4.78 is 67.4. The van der Waals surface area contributed by atoms with E-state index in [1.54, 1.807) is 0 Å². The minimum absolute atomic E-state index is 0. The molecule has 0 aromatic carbocycles. The van der Waals surface area contributed by atoms with E-state index in [-0.39, 0.29) is 83.7 Å². The molecule has 0 saturated heterocycles. The summed E-state index contributed by atoms with van der Waals surface area (Å²) in [6.07, 6.45) is 25.4. The van der Waals surface area contributed by atoms with Gasteiger partial charge < -0.3 is 18.9 Å². The predicted molar refractivity (Wildman–Crippen MR) is 170 cm³/mol. The summed E-state index contributed by atoms with van der Waals surface area (Å²) in [5.74, 6) is -0.775. The van der Waals surface area contributed by atoms with Crippen LogP contribution in [0.15, 0.2) is 0 Å². The van der Waals surface area contributed by atoms with Gasteiger partial charge in [-0.25, -0.2) is 16.8 Å². The van der Waals surface area contributed by atoms with E-state index in [0.29, 0.717) is 13.1 Å². The van der Waals surface area contributed by atoms with Crippen LogP contribution in [0.25, 0.3) is 0 Å². The second kappa shape index (κ2) is 33.6. The van der Waals surface area contributed by atoms with Crippen LogP contribution in [0.1, 0.15) is 149 Å². The summed E-state index contributed by atoms with van der Waals surface area (Å²) in [5, 5.41) is 0. The van der Waals surface area contributed by atoms with E-state index in [2.05, 4.69) is 23.6 Å². The largest absolute Gasteiger partial charge is 1.00 e. The third-order valence-corrected chi connectivity index (χ3v) is 9.28. The van der Waals surface area contributed by atoms with Crippen LogP contribution in [-0.2, 0) is 20.2 Å². The van der Waals surface area contributed by atoms with Gasteiger partial charge in [0.25, 0.3) is 0 Å². The Labute approximate surface area is 311 Å². The van der Waals surface area contributed by atoms with Gasteiger partial charge in [-0.05, 0) is 45.4 Å². The van der Waals surface area contributed by atoms with Gasteiger partial charge in [0.05, 0.1) is 31.7 Å². The summed E-state index contributed by atoms with van der Waals surface area (Å²) in [4.78, 5) is 4.12. The van der Waals surface area contributed by atoms with Crippen molar-refractivity contribution in [2.75, 3.05) is 50.8 Å². The molecule has 8 nitrogen and oxygen atoms in total. The minimum Gasteiger partial charge on any atom is -0.748 e. The van der Waals surface area contributed by atoms with E-state index in [1.807, 2.05) is 0 Å². The maximum absolute atomic E-state index is 11.2. The third-order valence-electron chi connectivity index (χ3n) is 7.92. The summed E-state index contributed by atoms with van der Waals surface area (Å²) in [6.45, 7) is 7.77. The second-order valence-electron chi connectivity index (χ2n) is 11.9. The Bertz CT molecular complexity index is 725. The van der Waals surface area contributed by atoms with Crippen LogP contribution in [0.3, 0.4) is 0 Å². The monoisotopic (exact) mass is 670 g/mol. The first-order valence-electron chi connectivity index (χ1n) is 16.9. The summed E-state index contributed by atoms with van der Waals surface area (Å²) >= 11 is 0. The van der Waals surface area contributed by atoms with E-state index in [0.717, 1.165) is 45.2 Å². The number of nitrogens with zero attached hydrogens (tertiary/aromatic N) is 2. The van der Waals surface area contributed by atoms with E-state index in [9.17, 15) is 25.9 Å². The van der Waals surface area contributed by atoms with E-state index < -0.39 is 20.2 Å². The summed E-state index contributed by atoms with van der Waals surface area (Å²) in [7, 11) is -8.54. The molecule has 0 N–H and O–H groups in total. The zero-order chi connectivity index (χ0) is 30.7. The molecule has 0 amide bonds. The van der Waals surface area contributed by atoms with Crippen molar-refractivity contribution in [1.82, 2.24) is 9.80 Å². The normalized spacial score (nSPS) is 12.0. The van der Waals surface area contributed by atoms with Crippen LogP contribution >= 0.6 is 0 Å². The molecule has 0 rings (SSSR count). The quantitative estimate of drug-likeness (QED) is 0.0589. The van der Waals surface area contributed by atoms with Gasteiger partial charge in [0, 0.05) is 13.1 Å². The van der Waals surface area contributed by atoms with Crippen molar-refractivity contribution < 1.29 is 85.1 Å². The Hall–Kier alpha value is 1.74. The molecule has 0 aliphatic rings. The molecule has 0 fully saturated rings. The van der Waals surface area contributed by atoms with Crippen LogP contribution in [0.2, 0.25) is 0 Å². The Morgan fingerprint density at radius 2 is 0.605 bits per heavy atom. The summed E-state index contributed by atoms with van der Waals surface area (Å²) in [5.41, 5.74) is 0. The first-order chi connectivity index (χ1) is 19.6. The maximum Gasteiger partial charge on any atom is 1.00 e. The van der Waals surface area contributed by atoms with Crippen molar-refractivity contribution in [1.29, 1.82) is 0 Å². The first-order valence-corrected chi connectivity index (χ1v) is 20.0. The Morgan fingerprint density at radius 1 is 0.372 bits per heavy atom. The fourth-order valence-corrected chi connectivity index (χ4v) is 6.28. The maximum atomic E-state index is 11.2. The standard InChI is InChI=1S/C31H66N2O6S2.2Na/c1-3-5-7-9-11-13-15-17-19-21-24-32(28-30-40(34,35)36)26-23-27-33(29-31-41(37,38)39)25-22-20-18-16-14-12-10-8-6-4-2;;/h3-31H2,1-2H3,(H,34,35,36)(H,37,38,39);;/q;2*+1/p-2. The fraction of sp³-hybridized carbons (Fsp3) is 1.00. The second-order valence-corrected chi connectivity index (χ2v) is 15.0. The van der Waals surface area contributed by atoms with Gasteiger partial charge in [-0.3, -0.25) is 0 Å². The van der Waals surface area contributed by atoms with E-state index in [4.69, 9.17) is 0 Å². The fourth-order valence-electron chi connectivity index (χ4n) is 5.32.